The highest BCUT2D eigenvalue weighted by atomic mass is 32.2. The van der Waals surface area contributed by atoms with E-state index in [4.69, 9.17) is 8.83 Å². The second-order valence-electron chi connectivity index (χ2n) is 7.07. The molecule has 4 aromatic rings. The van der Waals surface area contributed by atoms with Gasteiger partial charge in [-0.15, -0.1) is 0 Å². The lowest BCUT2D eigenvalue weighted by Crippen LogP contribution is -2.09. The second-order valence-corrected chi connectivity index (χ2v) is 8.95. The molecule has 0 saturated carbocycles. The molecule has 0 aliphatic heterocycles. The van der Waals surface area contributed by atoms with E-state index >= 15 is 0 Å². The molecule has 0 amide bonds. The van der Waals surface area contributed by atoms with Gasteiger partial charge in [0, 0.05) is 12.8 Å². The Morgan fingerprint density at radius 1 is 0.636 bits per heavy atom. The van der Waals surface area contributed by atoms with Crippen molar-refractivity contribution in [1.82, 2.24) is 0 Å². The van der Waals surface area contributed by atoms with Gasteiger partial charge in [-0.3, -0.25) is 20.2 Å². The van der Waals surface area contributed by atoms with Crippen LogP contribution in [0.4, 0.5) is 11.8 Å². The van der Waals surface area contributed by atoms with Crippen molar-refractivity contribution >= 4 is 21.6 Å². The molecule has 0 fully saturated rings. The van der Waals surface area contributed by atoms with Gasteiger partial charge in [0.15, 0.2) is 0 Å². The predicted molar refractivity (Wildman–Crippen MR) is 115 cm³/mol. The van der Waals surface area contributed by atoms with Crippen molar-refractivity contribution < 1.29 is 27.1 Å². The maximum absolute atomic E-state index is 13.6. The van der Waals surface area contributed by atoms with E-state index in [0.29, 0.717) is 11.1 Å². The normalized spacial score (nSPS) is 11.4. The summed E-state index contributed by atoms with van der Waals surface area (Å²) in [5.74, 6) is -0.354. The molecule has 0 N–H and O–H groups in total. The van der Waals surface area contributed by atoms with Crippen LogP contribution >= 0.6 is 0 Å². The quantitative estimate of drug-likeness (QED) is 0.267. The molecule has 0 unspecified atom stereocenters. The highest BCUT2D eigenvalue weighted by Gasteiger charge is 2.25. The van der Waals surface area contributed by atoms with Crippen molar-refractivity contribution in [3.05, 3.63) is 116 Å². The zero-order valence-electron chi connectivity index (χ0n) is 16.9. The number of rotatable bonds is 8. The van der Waals surface area contributed by atoms with Gasteiger partial charge in [0.2, 0.25) is 9.84 Å². The van der Waals surface area contributed by atoms with E-state index in [9.17, 15) is 28.6 Å². The van der Waals surface area contributed by atoms with Crippen molar-refractivity contribution in [1.29, 1.82) is 0 Å². The maximum atomic E-state index is 13.6. The third kappa shape index (κ3) is 4.53. The average Bonchev–Trinajstić information content (AvgIpc) is 3.44. The molecule has 4 rings (SSSR count). The van der Waals surface area contributed by atoms with Gasteiger partial charge in [-0.1, -0.05) is 36.4 Å². The molecular weight excluding hydrogens is 452 g/mol. The first kappa shape index (κ1) is 22.0. The van der Waals surface area contributed by atoms with E-state index in [1.54, 1.807) is 36.4 Å². The molecule has 0 saturated heterocycles. The van der Waals surface area contributed by atoms with Crippen molar-refractivity contribution in [3.8, 4) is 0 Å². The molecule has 168 valence electrons. The lowest BCUT2D eigenvalue weighted by atomic mass is 10.1. The molecule has 2 aromatic carbocycles. The minimum Gasteiger partial charge on any atom is -0.405 e. The molecule has 0 aliphatic carbocycles. The Kier molecular flexibility index (Phi) is 5.80. The van der Waals surface area contributed by atoms with Crippen LogP contribution in [0.2, 0.25) is 0 Å². The van der Waals surface area contributed by atoms with Gasteiger partial charge >= 0.3 is 11.8 Å². The van der Waals surface area contributed by atoms with E-state index in [2.05, 4.69) is 0 Å². The molecule has 0 aliphatic rings. The zero-order chi connectivity index (χ0) is 23.6. The van der Waals surface area contributed by atoms with Gasteiger partial charge in [0.25, 0.3) is 0 Å². The average molecular weight is 468 g/mol. The molecule has 2 aromatic heterocycles. The van der Waals surface area contributed by atoms with Crippen LogP contribution in [0.5, 0.6) is 0 Å². The summed E-state index contributed by atoms with van der Waals surface area (Å²) in [6.45, 7) is 0. The van der Waals surface area contributed by atoms with Gasteiger partial charge < -0.3 is 8.83 Å². The van der Waals surface area contributed by atoms with Crippen molar-refractivity contribution in [2.45, 2.75) is 22.6 Å². The second kappa shape index (κ2) is 8.71. The summed E-state index contributed by atoms with van der Waals surface area (Å²) in [6, 6.07) is 17.9. The summed E-state index contributed by atoms with van der Waals surface area (Å²) in [7, 11) is -4.01. The van der Waals surface area contributed by atoms with Crippen LogP contribution in [-0.4, -0.2) is 18.3 Å². The highest BCUT2D eigenvalue weighted by Crippen LogP contribution is 2.30. The Bertz CT molecular complexity index is 1350. The number of sulfone groups is 1. The summed E-state index contributed by atoms with van der Waals surface area (Å²) in [6.07, 6.45) is 0.0750. The summed E-state index contributed by atoms with van der Waals surface area (Å²) >= 11 is 0. The van der Waals surface area contributed by atoms with Gasteiger partial charge in [0.05, 0.1) is 21.9 Å². The predicted octanol–water partition coefficient (Wildman–Crippen LogP) is 4.70. The maximum Gasteiger partial charge on any atom is 0.433 e. The van der Waals surface area contributed by atoms with Crippen LogP contribution in [0.25, 0.3) is 0 Å². The minimum absolute atomic E-state index is 0.0296. The number of hydrogen-bond acceptors (Lipinski definition) is 8. The molecular formula is C22H16N2O8S. The van der Waals surface area contributed by atoms with Crippen molar-refractivity contribution in [2.75, 3.05) is 0 Å². The summed E-state index contributed by atoms with van der Waals surface area (Å²) in [5.41, 5.74) is 0.815. The van der Waals surface area contributed by atoms with Gasteiger partial charge in [-0.2, -0.15) is 0 Å². The Labute approximate surface area is 187 Å². The monoisotopic (exact) mass is 468 g/mol. The largest absolute Gasteiger partial charge is 0.433 e. The van der Waals surface area contributed by atoms with Crippen LogP contribution < -0.4 is 0 Å². The van der Waals surface area contributed by atoms with E-state index in [1.165, 1.54) is 36.4 Å². The molecule has 0 bridgehead atoms. The Hall–Kier alpha value is -4.25. The van der Waals surface area contributed by atoms with E-state index < -0.39 is 31.5 Å². The molecule has 33 heavy (non-hydrogen) atoms. The summed E-state index contributed by atoms with van der Waals surface area (Å²) in [4.78, 5) is 20.5. The fraction of sp³-hybridized carbons (Fsp3) is 0.0909. The number of hydrogen-bond donors (Lipinski definition) is 0. The number of nitro groups is 2. The van der Waals surface area contributed by atoms with Crippen molar-refractivity contribution in [2.24, 2.45) is 0 Å². The van der Waals surface area contributed by atoms with Crippen LogP contribution in [-0.2, 0) is 22.7 Å². The topological polar surface area (TPSA) is 147 Å². The minimum atomic E-state index is -4.01. The molecule has 11 heteroatoms. The summed E-state index contributed by atoms with van der Waals surface area (Å²) in [5, 5.41) is 21.8. The van der Waals surface area contributed by atoms with Crippen LogP contribution in [0.1, 0.15) is 22.6 Å². The first-order valence-corrected chi connectivity index (χ1v) is 11.1. The first-order chi connectivity index (χ1) is 15.8. The standard InChI is InChI=1S/C22H16N2O8S/c25-23(26)21-11-9-17(31-21)13-15-5-1-3-7-19(15)33(29,30)20-8-4-2-6-16(20)14-18-10-12-22(32-18)24(27)28/h1-12H,13-14H2. The number of nitrogens with zero attached hydrogens (tertiary/aromatic N) is 2. The number of furan rings is 2. The van der Waals surface area contributed by atoms with Gasteiger partial charge in [-0.25, -0.2) is 8.42 Å². The fourth-order valence-corrected chi connectivity index (χ4v) is 5.16. The lowest BCUT2D eigenvalue weighted by molar-refractivity contribution is -0.402. The van der Waals surface area contributed by atoms with Crippen LogP contribution in [0, 0.1) is 20.2 Å². The Balaban J connectivity index is 1.70. The molecule has 0 atom stereocenters. The first-order valence-electron chi connectivity index (χ1n) is 9.63. The molecule has 0 spiro atoms. The van der Waals surface area contributed by atoms with E-state index in [1.807, 2.05) is 0 Å². The third-order valence-electron chi connectivity index (χ3n) is 4.91. The zero-order valence-corrected chi connectivity index (χ0v) is 17.7. The van der Waals surface area contributed by atoms with Gasteiger partial charge in [-0.05, 0) is 35.4 Å². The highest BCUT2D eigenvalue weighted by molar-refractivity contribution is 7.91. The number of benzene rings is 2. The molecule has 2 heterocycles. The van der Waals surface area contributed by atoms with Crippen LogP contribution in [0.15, 0.2) is 91.4 Å². The third-order valence-corrected chi connectivity index (χ3v) is 6.86. The molecule has 0 radical (unpaired) electrons. The molecule has 10 nitrogen and oxygen atoms in total. The van der Waals surface area contributed by atoms with Crippen molar-refractivity contribution in [3.63, 3.8) is 0 Å². The Morgan fingerprint density at radius 3 is 1.39 bits per heavy atom. The SMILES string of the molecule is O=[N+]([O-])c1ccc(Cc2ccccc2S(=O)(=O)c2ccccc2Cc2ccc([N+](=O)[O-])o2)o1. The summed E-state index contributed by atoms with van der Waals surface area (Å²) < 4.78 is 37.6. The van der Waals surface area contributed by atoms with Crippen LogP contribution in [0.3, 0.4) is 0 Å². The smallest absolute Gasteiger partial charge is 0.405 e. The lowest BCUT2D eigenvalue weighted by Gasteiger charge is -2.13. The fourth-order valence-electron chi connectivity index (χ4n) is 3.44. The van der Waals surface area contributed by atoms with E-state index in [0.717, 1.165) is 0 Å². The Morgan fingerprint density at radius 2 is 1.03 bits per heavy atom. The van der Waals surface area contributed by atoms with E-state index in [-0.39, 0.29) is 34.2 Å². The van der Waals surface area contributed by atoms with Gasteiger partial charge in [0.1, 0.15) is 21.4 Å².